The van der Waals surface area contributed by atoms with E-state index in [9.17, 15) is 4.79 Å². The highest BCUT2D eigenvalue weighted by molar-refractivity contribution is 6.32. The number of aliphatic hydroxyl groups excluding tert-OH is 1. The van der Waals surface area contributed by atoms with Crippen LogP contribution in [0.5, 0.6) is 11.5 Å². The summed E-state index contributed by atoms with van der Waals surface area (Å²) in [5.41, 5.74) is 0.518. The van der Waals surface area contributed by atoms with Crippen molar-refractivity contribution in [2.45, 2.75) is 0 Å². The largest absolute Gasteiger partial charge is 0.486 e. The fourth-order valence-corrected chi connectivity index (χ4v) is 3.00. The molecule has 2 aliphatic heterocycles. The first-order chi connectivity index (χ1) is 10.7. The predicted molar refractivity (Wildman–Crippen MR) is 81.9 cm³/mol. The van der Waals surface area contributed by atoms with Gasteiger partial charge in [0, 0.05) is 38.3 Å². The average Bonchev–Trinajstić information content (AvgIpc) is 2.55. The normalized spacial score (nSPS) is 18.4. The third kappa shape index (κ3) is 3.14. The number of ether oxygens (including phenoxy) is 2. The highest BCUT2D eigenvalue weighted by atomic mass is 35.5. The van der Waals surface area contributed by atoms with Gasteiger partial charge in [-0.15, -0.1) is 0 Å². The summed E-state index contributed by atoms with van der Waals surface area (Å²) in [7, 11) is 0. The molecule has 22 heavy (non-hydrogen) atoms. The number of rotatable bonds is 3. The zero-order chi connectivity index (χ0) is 15.5. The number of β-amino-alcohol motifs (C(OH)–C–C–N with tert-alkyl or cyclic N) is 1. The van der Waals surface area contributed by atoms with Crippen LogP contribution in [0.15, 0.2) is 12.1 Å². The molecule has 6 nitrogen and oxygen atoms in total. The van der Waals surface area contributed by atoms with Gasteiger partial charge in [-0.2, -0.15) is 0 Å². The number of carbonyl (C=O) groups is 1. The monoisotopic (exact) mass is 326 g/mol. The number of nitrogens with zero attached hydrogens (tertiary/aromatic N) is 2. The van der Waals surface area contributed by atoms with E-state index in [2.05, 4.69) is 4.90 Å². The molecular weight excluding hydrogens is 308 g/mol. The molecule has 1 amide bonds. The summed E-state index contributed by atoms with van der Waals surface area (Å²) in [6.07, 6.45) is 0. The Bertz CT molecular complexity index is 559. The van der Waals surface area contributed by atoms with E-state index in [1.165, 1.54) is 0 Å². The summed E-state index contributed by atoms with van der Waals surface area (Å²) in [5.74, 6) is 0.987. The Morgan fingerprint density at radius 3 is 2.64 bits per heavy atom. The van der Waals surface area contributed by atoms with Crippen molar-refractivity contribution in [2.75, 3.05) is 52.5 Å². The SMILES string of the molecule is O=C(c1cc(Cl)c2c(c1)OCCO2)N1CCN(CCO)CC1. The Hall–Kier alpha value is -1.50. The standard InChI is InChI=1S/C15H19ClN2O4/c16-12-9-11(10-13-14(12)22-8-7-21-13)15(20)18-3-1-17(2-4-18)5-6-19/h9-10,19H,1-8H2. The van der Waals surface area contributed by atoms with Crippen LogP contribution in [-0.4, -0.2) is 73.4 Å². The van der Waals surface area contributed by atoms with Gasteiger partial charge in [-0.05, 0) is 12.1 Å². The van der Waals surface area contributed by atoms with Crippen LogP contribution in [0.1, 0.15) is 10.4 Å². The Morgan fingerprint density at radius 1 is 1.18 bits per heavy atom. The number of benzene rings is 1. The topological polar surface area (TPSA) is 62.2 Å². The predicted octanol–water partition coefficient (Wildman–Crippen LogP) is 0.861. The van der Waals surface area contributed by atoms with Crippen molar-refractivity contribution in [2.24, 2.45) is 0 Å². The molecule has 1 fully saturated rings. The Morgan fingerprint density at radius 2 is 1.91 bits per heavy atom. The molecule has 0 bridgehead atoms. The highest BCUT2D eigenvalue weighted by Crippen LogP contribution is 2.38. The summed E-state index contributed by atoms with van der Waals surface area (Å²) in [5, 5.41) is 9.35. The minimum Gasteiger partial charge on any atom is -0.486 e. The smallest absolute Gasteiger partial charge is 0.254 e. The van der Waals surface area contributed by atoms with Crippen LogP contribution in [0.3, 0.4) is 0 Å². The number of hydrogen-bond donors (Lipinski definition) is 1. The molecule has 2 heterocycles. The van der Waals surface area contributed by atoms with Gasteiger partial charge in [0.15, 0.2) is 11.5 Å². The molecule has 1 aromatic carbocycles. The number of amides is 1. The molecule has 7 heteroatoms. The van der Waals surface area contributed by atoms with Gasteiger partial charge in [0.25, 0.3) is 5.91 Å². The van der Waals surface area contributed by atoms with Crippen LogP contribution in [0.4, 0.5) is 0 Å². The molecule has 0 aromatic heterocycles. The number of carbonyl (C=O) groups excluding carboxylic acids is 1. The molecule has 0 radical (unpaired) electrons. The molecule has 0 spiro atoms. The molecule has 0 aliphatic carbocycles. The van der Waals surface area contributed by atoms with Gasteiger partial charge < -0.3 is 19.5 Å². The molecule has 1 N–H and O–H groups in total. The molecule has 1 aromatic rings. The lowest BCUT2D eigenvalue weighted by atomic mass is 10.1. The van der Waals surface area contributed by atoms with E-state index in [1.807, 2.05) is 0 Å². The maximum Gasteiger partial charge on any atom is 0.254 e. The van der Waals surface area contributed by atoms with Crippen LogP contribution >= 0.6 is 11.6 Å². The lowest BCUT2D eigenvalue weighted by molar-refractivity contribution is 0.0614. The van der Waals surface area contributed by atoms with E-state index in [4.69, 9.17) is 26.2 Å². The van der Waals surface area contributed by atoms with Crippen molar-refractivity contribution in [1.29, 1.82) is 0 Å². The van der Waals surface area contributed by atoms with Gasteiger partial charge in [0.2, 0.25) is 0 Å². The molecule has 120 valence electrons. The summed E-state index contributed by atoms with van der Waals surface area (Å²) in [4.78, 5) is 16.5. The molecule has 0 saturated carbocycles. The van der Waals surface area contributed by atoms with Crippen LogP contribution in [0.2, 0.25) is 5.02 Å². The summed E-state index contributed by atoms with van der Waals surface area (Å²) in [6.45, 7) is 4.54. The molecule has 0 atom stereocenters. The van der Waals surface area contributed by atoms with Crippen molar-refractivity contribution < 1.29 is 19.4 Å². The second-order valence-electron chi connectivity index (χ2n) is 5.34. The van der Waals surface area contributed by atoms with Crippen molar-refractivity contribution in [3.63, 3.8) is 0 Å². The first kappa shape index (κ1) is 15.4. The Kier molecular flexibility index (Phi) is 4.71. The van der Waals surface area contributed by atoms with Crippen molar-refractivity contribution in [1.82, 2.24) is 9.80 Å². The number of hydrogen-bond acceptors (Lipinski definition) is 5. The molecule has 2 aliphatic rings. The molecular formula is C15H19ClN2O4. The van der Waals surface area contributed by atoms with Crippen molar-refractivity contribution in [3.8, 4) is 11.5 Å². The van der Waals surface area contributed by atoms with E-state index >= 15 is 0 Å². The van der Waals surface area contributed by atoms with Crippen LogP contribution < -0.4 is 9.47 Å². The lowest BCUT2D eigenvalue weighted by Gasteiger charge is -2.34. The van der Waals surface area contributed by atoms with Gasteiger partial charge in [-0.3, -0.25) is 9.69 Å². The number of fused-ring (bicyclic) bond motifs is 1. The minimum absolute atomic E-state index is 0.0532. The zero-order valence-electron chi connectivity index (χ0n) is 12.3. The lowest BCUT2D eigenvalue weighted by Crippen LogP contribution is -2.49. The Balaban J connectivity index is 1.72. The number of piperazine rings is 1. The Labute approximate surface area is 134 Å². The third-order valence-electron chi connectivity index (χ3n) is 3.92. The average molecular weight is 327 g/mol. The third-order valence-corrected chi connectivity index (χ3v) is 4.20. The van der Waals surface area contributed by atoms with Crippen LogP contribution in [-0.2, 0) is 0 Å². The maximum absolute atomic E-state index is 12.6. The molecule has 3 rings (SSSR count). The van der Waals surface area contributed by atoms with Crippen molar-refractivity contribution in [3.05, 3.63) is 22.7 Å². The van der Waals surface area contributed by atoms with Crippen molar-refractivity contribution >= 4 is 17.5 Å². The van der Waals surface area contributed by atoms with Gasteiger partial charge in [-0.25, -0.2) is 0 Å². The first-order valence-electron chi connectivity index (χ1n) is 7.40. The minimum atomic E-state index is -0.0532. The zero-order valence-corrected chi connectivity index (χ0v) is 13.0. The van der Waals surface area contributed by atoms with E-state index < -0.39 is 0 Å². The van der Waals surface area contributed by atoms with E-state index in [0.717, 1.165) is 13.1 Å². The maximum atomic E-state index is 12.6. The fraction of sp³-hybridized carbons (Fsp3) is 0.533. The highest BCUT2D eigenvalue weighted by Gasteiger charge is 2.25. The van der Waals surface area contributed by atoms with E-state index in [-0.39, 0.29) is 12.5 Å². The summed E-state index contributed by atoms with van der Waals surface area (Å²) < 4.78 is 11.0. The summed E-state index contributed by atoms with van der Waals surface area (Å²) >= 11 is 6.18. The number of aliphatic hydroxyl groups is 1. The first-order valence-corrected chi connectivity index (χ1v) is 7.78. The quantitative estimate of drug-likeness (QED) is 0.892. The van der Waals surface area contributed by atoms with Gasteiger partial charge in [0.05, 0.1) is 11.6 Å². The second-order valence-corrected chi connectivity index (χ2v) is 5.75. The van der Waals surface area contributed by atoms with Gasteiger partial charge in [-0.1, -0.05) is 11.6 Å². The van der Waals surface area contributed by atoms with E-state index in [1.54, 1.807) is 17.0 Å². The summed E-state index contributed by atoms with van der Waals surface area (Å²) in [6, 6.07) is 3.33. The molecule has 1 saturated heterocycles. The van der Waals surface area contributed by atoms with Gasteiger partial charge in [0.1, 0.15) is 13.2 Å². The number of halogens is 1. The van der Waals surface area contributed by atoms with Crippen LogP contribution in [0.25, 0.3) is 0 Å². The van der Waals surface area contributed by atoms with Gasteiger partial charge >= 0.3 is 0 Å². The second kappa shape index (κ2) is 6.73. The molecule has 0 unspecified atom stereocenters. The van der Waals surface area contributed by atoms with Crippen LogP contribution in [0, 0.1) is 0 Å². The fourth-order valence-electron chi connectivity index (χ4n) is 2.73. The van der Waals surface area contributed by atoms with E-state index in [0.29, 0.717) is 54.9 Å².